The van der Waals surface area contributed by atoms with Crippen LogP contribution in [0.2, 0.25) is 0 Å². The van der Waals surface area contributed by atoms with Crippen LogP contribution in [-0.4, -0.2) is 14.8 Å². The van der Waals surface area contributed by atoms with Gasteiger partial charge in [-0.1, -0.05) is 29.5 Å². The normalized spacial score (nSPS) is 11.0. The summed E-state index contributed by atoms with van der Waals surface area (Å²) in [7, 11) is 0. The molecule has 0 fully saturated rings. The molecule has 4 rings (SSSR count). The van der Waals surface area contributed by atoms with Gasteiger partial charge in [0.05, 0.1) is 17.1 Å². The van der Waals surface area contributed by atoms with E-state index in [1.54, 1.807) is 39.5 Å². The van der Waals surface area contributed by atoms with Crippen LogP contribution in [0.5, 0.6) is 0 Å². The van der Waals surface area contributed by atoms with Gasteiger partial charge in [-0.25, -0.2) is 9.37 Å². The van der Waals surface area contributed by atoms with E-state index in [0.717, 1.165) is 27.9 Å². The summed E-state index contributed by atoms with van der Waals surface area (Å²) < 4.78 is 15.6. The summed E-state index contributed by atoms with van der Waals surface area (Å²) in [5.41, 5.74) is 3.68. The molecule has 1 aromatic carbocycles. The van der Waals surface area contributed by atoms with Crippen molar-refractivity contribution in [2.45, 2.75) is 20.0 Å². The highest BCUT2D eigenvalue weighted by atomic mass is 32.1. The van der Waals surface area contributed by atoms with Crippen LogP contribution in [0, 0.1) is 12.7 Å². The van der Waals surface area contributed by atoms with Gasteiger partial charge in [0.15, 0.2) is 5.13 Å². The molecule has 26 heavy (non-hydrogen) atoms. The lowest BCUT2D eigenvalue weighted by Crippen LogP contribution is -2.02. The fourth-order valence-corrected chi connectivity index (χ4v) is 4.25. The number of rotatable bonds is 6. The number of thiophene rings is 1. The SMILES string of the molecule is Cc1nc(NCc2ccsc2)sc1-c1ccn(Cc2ccccc2F)n1. The van der Waals surface area contributed by atoms with Crippen molar-refractivity contribution in [3.63, 3.8) is 0 Å². The van der Waals surface area contributed by atoms with E-state index in [-0.39, 0.29) is 5.82 Å². The van der Waals surface area contributed by atoms with Crippen molar-refractivity contribution in [1.29, 1.82) is 0 Å². The van der Waals surface area contributed by atoms with Gasteiger partial charge < -0.3 is 5.32 Å². The van der Waals surface area contributed by atoms with Gasteiger partial charge in [-0.05, 0) is 41.4 Å². The van der Waals surface area contributed by atoms with Crippen molar-refractivity contribution >= 4 is 27.8 Å². The maximum atomic E-state index is 13.8. The first-order chi connectivity index (χ1) is 12.7. The van der Waals surface area contributed by atoms with Gasteiger partial charge in [0.25, 0.3) is 0 Å². The molecule has 0 unspecified atom stereocenters. The van der Waals surface area contributed by atoms with Crippen LogP contribution in [0.1, 0.15) is 16.8 Å². The largest absolute Gasteiger partial charge is 0.357 e. The van der Waals surface area contributed by atoms with Gasteiger partial charge in [0, 0.05) is 18.3 Å². The van der Waals surface area contributed by atoms with Crippen molar-refractivity contribution in [2.24, 2.45) is 0 Å². The summed E-state index contributed by atoms with van der Waals surface area (Å²) in [5.74, 6) is -0.210. The molecule has 0 atom stereocenters. The summed E-state index contributed by atoms with van der Waals surface area (Å²) >= 11 is 3.28. The lowest BCUT2D eigenvalue weighted by molar-refractivity contribution is 0.586. The second-order valence-electron chi connectivity index (χ2n) is 5.91. The van der Waals surface area contributed by atoms with Crippen molar-refractivity contribution in [3.8, 4) is 10.6 Å². The molecule has 0 saturated carbocycles. The molecule has 0 aliphatic heterocycles. The number of nitrogens with zero attached hydrogens (tertiary/aromatic N) is 3. The van der Waals surface area contributed by atoms with E-state index in [4.69, 9.17) is 0 Å². The summed E-state index contributed by atoms with van der Waals surface area (Å²) in [6.45, 7) is 3.16. The number of aryl methyl sites for hydroxylation is 1. The van der Waals surface area contributed by atoms with E-state index >= 15 is 0 Å². The molecule has 0 spiro atoms. The Morgan fingerprint density at radius 1 is 1.19 bits per heavy atom. The standard InChI is InChI=1S/C19H17FN4S2/c1-13-18(26-19(22-13)21-10-14-7-9-25-12-14)17-6-8-24(23-17)11-15-4-2-3-5-16(15)20/h2-9,12H,10-11H2,1H3,(H,21,22). The Hall–Kier alpha value is -2.51. The Kier molecular flexibility index (Phi) is 4.81. The predicted molar refractivity (Wildman–Crippen MR) is 105 cm³/mol. The van der Waals surface area contributed by atoms with Gasteiger partial charge in [-0.2, -0.15) is 16.4 Å². The first-order valence-electron chi connectivity index (χ1n) is 8.18. The predicted octanol–water partition coefficient (Wildman–Crippen LogP) is 5.18. The van der Waals surface area contributed by atoms with Crippen molar-refractivity contribution in [1.82, 2.24) is 14.8 Å². The Morgan fingerprint density at radius 3 is 2.88 bits per heavy atom. The fraction of sp³-hybridized carbons (Fsp3) is 0.158. The molecule has 0 saturated heterocycles. The van der Waals surface area contributed by atoms with Gasteiger partial charge >= 0.3 is 0 Å². The minimum atomic E-state index is -0.210. The molecule has 4 nitrogen and oxygen atoms in total. The molecule has 7 heteroatoms. The average molecular weight is 385 g/mol. The number of anilines is 1. The van der Waals surface area contributed by atoms with Gasteiger partial charge in [-0.15, -0.1) is 0 Å². The van der Waals surface area contributed by atoms with Crippen LogP contribution in [0.4, 0.5) is 9.52 Å². The third-order valence-electron chi connectivity index (χ3n) is 3.98. The number of hydrogen-bond acceptors (Lipinski definition) is 5. The number of thiazole rings is 1. The second-order valence-corrected chi connectivity index (χ2v) is 7.69. The molecule has 0 amide bonds. The molecule has 1 N–H and O–H groups in total. The summed E-state index contributed by atoms with van der Waals surface area (Å²) in [6, 6.07) is 10.8. The highest BCUT2D eigenvalue weighted by molar-refractivity contribution is 7.19. The van der Waals surface area contributed by atoms with Crippen molar-refractivity contribution in [3.05, 3.63) is 76.0 Å². The van der Waals surface area contributed by atoms with Crippen molar-refractivity contribution < 1.29 is 4.39 Å². The summed E-state index contributed by atoms with van der Waals surface area (Å²) in [6.07, 6.45) is 1.87. The summed E-state index contributed by atoms with van der Waals surface area (Å²) in [4.78, 5) is 5.63. The number of halogens is 1. The van der Waals surface area contributed by atoms with Crippen LogP contribution >= 0.6 is 22.7 Å². The van der Waals surface area contributed by atoms with Crippen LogP contribution in [-0.2, 0) is 13.1 Å². The third kappa shape index (κ3) is 3.68. The first kappa shape index (κ1) is 16.9. The molecular weight excluding hydrogens is 367 g/mol. The van der Waals surface area contributed by atoms with E-state index in [0.29, 0.717) is 12.1 Å². The minimum absolute atomic E-state index is 0.210. The topological polar surface area (TPSA) is 42.7 Å². The van der Waals surface area contributed by atoms with E-state index in [9.17, 15) is 4.39 Å². The zero-order valence-corrected chi connectivity index (χ0v) is 15.8. The van der Waals surface area contributed by atoms with E-state index in [1.807, 2.05) is 25.3 Å². The number of aromatic nitrogens is 3. The van der Waals surface area contributed by atoms with Crippen LogP contribution in [0.3, 0.4) is 0 Å². The van der Waals surface area contributed by atoms with Crippen LogP contribution < -0.4 is 5.32 Å². The van der Waals surface area contributed by atoms with Gasteiger partial charge in [0.2, 0.25) is 0 Å². The summed E-state index contributed by atoms with van der Waals surface area (Å²) in [5, 5.41) is 13.0. The van der Waals surface area contributed by atoms with Crippen molar-refractivity contribution in [2.75, 3.05) is 5.32 Å². The smallest absolute Gasteiger partial charge is 0.183 e. The number of benzene rings is 1. The Balaban J connectivity index is 1.49. The Morgan fingerprint density at radius 2 is 2.08 bits per heavy atom. The maximum Gasteiger partial charge on any atom is 0.183 e. The minimum Gasteiger partial charge on any atom is -0.357 e. The van der Waals surface area contributed by atoms with Crippen LogP contribution in [0.15, 0.2) is 53.4 Å². The molecule has 0 bridgehead atoms. The lowest BCUT2D eigenvalue weighted by atomic mass is 10.2. The monoisotopic (exact) mass is 384 g/mol. The first-order valence-corrected chi connectivity index (χ1v) is 9.94. The molecule has 3 aromatic heterocycles. The Bertz CT molecular complexity index is 1000. The molecule has 0 aliphatic carbocycles. The Labute approximate surface area is 159 Å². The third-order valence-corrected chi connectivity index (χ3v) is 5.85. The van der Waals surface area contributed by atoms with Crippen LogP contribution in [0.25, 0.3) is 10.6 Å². The highest BCUT2D eigenvalue weighted by Crippen LogP contribution is 2.32. The van der Waals surface area contributed by atoms with Gasteiger partial charge in [0.1, 0.15) is 11.5 Å². The zero-order valence-electron chi connectivity index (χ0n) is 14.1. The maximum absolute atomic E-state index is 13.8. The zero-order chi connectivity index (χ0) is 17.9. The van der Waals surface area contributed by atoms with E-state index in [1.165, 1.54) is 11.6 Å². The highest BCUT2D eigenvalue weighted by Gasteiger charge is 2.13. The average Bonchev–Trinajstić information content (AvgIpc) is 3.36. The molecule has 132 valence electrons. The number of hydrogen-bond donors (Lipinski definition) is 1. The molecule has 0 radical (unpaired) electrons. The lowest BCUT2D eigenvalue weighted by Gasteiger charge is -2.03. The van der Waals surface area contributed by atoms with E-state index in [2.05, 4.69) is 32.2 Å². The molecular formula is C19H17FN4S2. The fourth-order valence-electron chi connectivity index (χ4n) is 2.65. The van der Waals surface area contributed by atoms with Gasteiger partial charge in [-0.3, -0.25) is 4.68 Å². The molecule has 4 aromatic rings. The molecule has 3 heterocycles. The quantitative estimate of drug-likeness (QED) is 0.498. The second kappa shape index (κ2) is 7.39. The van der Waals surface area contributed by atoms with E-state index < -0.39 is 0 Å². The molecule has 0 aliphatic rings. The number of nitrogens with one attached hydrogen (secondary N) is 1.